The van der Waals surface area contributed by atoms with E-state index in [9.17, 15) is 4.39 Å². The van der Waals surface area contributed by atoms with Crippen LogP contribution in [0.3, 0.4) is 0 Å². The van der Waals surface area contributed by atoms with Gasteiger partial charge in [-0.3, -0.25) is 0 Å². The number of hydrogen-bond acceptors (Lipinski definition) is 2. The van der Waals surface area contributed by atoms with Crippen molar-refractivity contribution >= 4 is 0 Å². The van der Waals surface area contributed by atoms with Gasteiger partial charge in [0.05, 0.1) is 6.33 Å². The van der Waals surface area contributed by atoms with Crippen LogP contribution in [-0.4, -0.2) is 9.97 Å². The molecule has 136 valence electrons. The van der Waals surface area contributed by atoms with Crippen molar-refractivity contribution in [2.24, 2.45) is 0 Å². The highest BCUT2D eigenvalue weighted by atomic mass is 19.1. The molecular weight excluding hydrogens is 334 g/mol. The number of hydrogen-bond donors (Lipinski definition) is 1. The van der Waals surface area contributed by atoms with E-state index in [-0.39, 0.29) is 17.6 Å². The average Bonchev–Trinajstić information content (AvgIpc) is 3.19. The minimum atomic E-state index is -0.702. The molecule has 3 aromatic rings. The number of para-hydroxylation sites is 1. The van der Waals surface area contributed by atoms with Gasteiger partial charge in [-0.15, -0.1) is 0 Å². The van der Waals surface area contributed by atoms with Crippen LogP contribution in [-0.2, 0) is 0 Å². The van der Waals surface area contributed by atoms with Gasteiger partial charge < -0.3 is 9.72 Å². The number of aromatic nitrogens is 2. The highest BCUT2D eigenvalue weighted by molar-refractivity contribution is 5.38. The summed E-state index contributed by atoms with van der Waals surface area (Å²) in [4.78, 5) is 7.14. The van der Waals surface area contributed by atoms with Crippen molar-refractivity contribution in [3.63, 3.8) is 0 Å². The lowest BCUT2D eigenvalue weighted by molar-refractivity contribution is 0.397. The third-order valence-electron chi connectivity index (χ3n) is 4.66. The smallest absolute Gasteiger partial charge is 0.198 e. The molecule has 5 heteroatoms. The summed E-state index contributed by atoms with van der Waals surface area (Å²) in [6.07, 6.45) is 4.89. The lowest BCUT2D eigenvalue weighted by Gasteiger charge is -2.21. The van der Waals surface area contributed by atoms with Gasteiger partial charge in [-0.2, -0.15) is 0 Å². The predicted molar refractivity (Wildman–Crippen MR) is 97.5 cm³/mol. The fraction of sp³-hybridized carbons (Fsp3) is 0.286. The number of aromatic amines is 1. The van der Waals surface area contributed by atoms with Crippen LogP contribution in [0.5, 0.6) is 11.5 Å². The maximum atomic E-state index is 15.1. The number of halogens is 2. The number of nitrogens with zero attached hydrogens (tertiary/aromatic N) is 1. The summed E-state index contributed by atoms with van der Waals surface area (Å²) in [5.74, 6) is -1.14. The van der Waals surface area contributed by atoms with Gasteiger partial charge in [0.1, 0.15) is 5.75 Å². The normalized spacial score (nSPS) is 13.4. The first-order chi connectivity index (χ1) is 12.6. The molecule has 0 aliphatic heterocycles. The highest BCUT2D eigenvalue weighted by Gasteiger charge is 2.23. The van der Waals surface area contributed by atoms with Gasteiger partial charge in [0.25, 0.3) is 0 Å². The van der Waals surface area contributed by atoms with Gasteiger partial charge in [0, 0.05) is 11.9 Å². The average molecular weight is 356 g/mol. The van der Waals surface area contributed by atoms with Gasteiger partial charge in [-0.05, 0) is 48.4 Å². The molecular formula is C21H22F2N2O. The Balaban J connectivity index is 1.87. The molecule has 2 atom stereocenters. The first kappa shape index (κ1) is 18.1. The van der Waals surface area contributed by atoms with E-state index in [1.165, 1.54) is 12.1 Å². The van der Waals surface area contributed by atoms with Crippen LogP contribution >= 0.6 is 0 Å². The zero-order valence-electron chi connectivity index (χ0n) is 14.9. The second-order valence-electron chi connectivity index (χ2n) is 6.44. The number of nitrogens with one attached hydrogen (secondary N) is 1. The van der Waals surface area contributed by atoms with Gasteiger partial charge in [0.15, 0.2) is 17.4 Å². The number of benzene rings is 2. The molecule has 0 aliphatic rings. The van der Waals surface area contributed by atoms with E-state index < -0.39 is 11.6 Å². The van der Waals surface area contributed by atoms with E-state index in [0.717, 1.165) is 18.5 Å². The molecule has 26 heavy (non-hydrogen) atoms. The summed E-state index contributed by atoms with van der Waals surface area (Å²) < 4.78 is 34.7. The Hall–Kier alpha value is -2.69. The molecule has 1 aromatic heterocycles. The molecule has 2 unspecified atom stereocenters. The summed E-state index contributed by atoms with van der Waals surface area (Å²) >= 11 is 0. The summed E-state index contributed by atoms with van der Waals surface area (Å²) in [6.45, 7) is 4.07. The number of H-pyrrole nitrogens is 1. The maximum absolute atomic E-state index is 15.1. The third kappa shape index (κ3) is 3.93. The topological polar surface area (TPSA) is 37.9 Å². The van der Waals surface area contributed by atoms with Crippen molar-refractivity contribution in [1.29, 1.82) is 0 Å². The van der Waals surface area contributed by atoms with E-state index in [1.54, 1.807) is 36.8 Å². The molecule has 0 spiro atoms. The zero-order chi connectivity index (χ0) is 18.5. The lowest BCUT2D eigenvalue weighted by atomic mass is 9.86. The molecule has 0 radical (unpaired) electrons. The van der Waals surface area contributed by atoms with E-state index in [0.29, 0.717) is 11.3 Å². The van der Waals surface area contributed by atoms with E-state index in [2.05, 4.69) is 16.9 Å². The molecule has 0 saturated carbocycles. The van der Waals surface area contributed by atoms with Gasteiger partial charge in [0.2, 0.25) is 0 Å². The zero-order valence-corrected chi connectivity index (χ0v) is 14.9. The van der Waals surface area contributed by atoms with Crippen LogP contribution in [0.1, 0.15) is 49.8 Å². The van der Waals surface area contributed by atoms with Crippen molar-refractivity contribution in [2.75, 3.05) is 0 Å². The Kier molecular flexibility index (Phi) is 5.66. The Morgan fingerprint density at radius 2 is 1.88 bits per heavy atom. The highest BCUT2D eigenvalue weighted by Crippen LogP contribution is 2.37. The minimum absolute atomic E-state index is 0.0491. The van der Waals surface area contributed by atoms with E-state index in [4.69, 9.17) is 4.74 Å². The second-order valence-corrected chi connectivity index (χ2v) is 6.44. The molecule has 2 aromatic carbocycles. The maximum Gasteiger partial charge on any atom is 0.198 e. The van der Waals surface area contributed by atoms with Crippen molar-refractivity contribution < 1.29 is 13.5 Å². The molecule has 0 bridgehead atoms. The lowest BCUT2D eigenvalue weighted by Crippen LogP contribution is -2.07. The van der Waals surface area contributed by atoms with Crippen molar-refractivity contribution in [1.82, 2.24) is 9.97 Å². The number of rotatable bonds is 7. The molecule has 0 saturated heterocycles. The van der Waals surface area contributed by atoms with Gasteiger partial charge >= 0.3 is 0 Å². The van der Waals surface area contributed by atoms with Crippen molar-refractivity contribution in [2.45, 2.75) is 38.5 Å². The Bertz CT molecular complexity index is 835. The Morgan fingerprint density at radius 3 is 2.54 bits per heavy atom. The summed E-state index contributed by atoms with van der Waals surface area (Å²) in [5.41, 5.74) is 1.48. The van der Waals surface area contributed by atoms with E-state index in [1.807, 2.05) is 13.0 Å². The Morgan fingerprint density at radius 1 is 1.12 bits per heavy atom. The van der Waals surface area contributed by atoms with Crippen LogP contribution in [0.2, 0.25) is 0 Å². The fourth-order valence-electron chi connectivity index (χ4n) is 3.17. The van der Waals surface area contributed by atoms with Gasteiger partial charge in [-0.1, -0.05) is 38.1 Å². The van der Waals surface area contributed by atoms with Crippen LogP contribution in [0, 0.1) is 11.6 Å². The molecule has 3 nitrogen and oxygen atoms in total. The SMILES string of the molecule is CCC(CC(C)c1cnc[nH]1)c1ccc(F)c(Oc2ccccc2)c1F. The molecule has 1 N–H and O–H groups in total. The number of imidazole rings is 1. The summed E-state index contributed by atoms with van der Waals surface area (Å²) in [5, 5.41) is 0. The molecule has 0 aliphatic carbocycles. The van der Waals surface area contributed by atoms with Crippen molar-refractivity contribution in [3.8, 4) is 11.5 Å². The molecule has 0 amide bonds. The van der Waals surface area contributed by atoms with Crippen LogP contribution < -0.4 is 4.74 Å². The second kappa shape index (κ2) is 8.13. The largest absolute Gasteiger partial charge is 0.451 e. The summed E-state index contributed by atoms with van der Waals surface area (Å²) in [6, 6.07) is 11.5. The van der Waals surface area contributed by atoms with Crippen LogP contribution in [0.4, 0.5) is 8.78 Å². The molecule has 0 fully saturated rings. The minimum Gasteiger partial charge on any atom is -0.451 e. The molecule has 3 rings (SSSR count). The van der Waals surface area contributed by atoms with E-state index >= 15 is 4.39 Å². The summed E-state index contributed by atoms with van der Waals surface area (Å²) in [7, 11) is 0. The monoisotopic (exact) mass is 356 g/mol. The number of ether oxygens (including phenoxy) is 1. The van der Waals surface area contributed by atoms with Crippen LogP contribution in [0.25, 0.3) is 0 Å². The Labute approximate surface area is 152 Å². The first-order valence-corrected chi connectivity index (χ1v) is 8.79. The quantitative estimate of drug-likeness (QED) is 0.550. The standard InChI is InChI=1S/C21H22F2N2O/c1-3-15(11-14(2)19-12-24-13-25-19)17-9-10-18(22)21(20(17)23)26-16-7-5-4-6-8-16/h4-10,12-15H,3,11H2,1-2H3,(H,24,25). The molecule has 1 heterocycles. The fourth-order valence-corrected chi connectivity index (χ4v) is 3.17. The predicted octanol–water partition coefficient (Wildman–Crippen LogP) is 6.17. The van der Waals surface area contributed by atoms with Crippen molar-refractivity contribution in [3.05, 3.63) is 77.9 Å². The van der Waals surface area contributed by atoms with Gasteiger partial charge in [-0.25, -0.2) is 13.8 Å². The first-order valence-electron chi connectivity index (χ1n) is 8.79. The van der Waals surface area contributed by atoms with Crippen LogP contribution in [0.15, 0.2) is 55.0 Å². The third-order valence-corrected chi connectivity index (χ3v) is 4.66.